The maximum absolute atomic E-state index is 13.9. The molecule has 0 unspecified atom stereocenters. The van der Waals surface area contributed by atoms with Crippen LogP contribution in [-0.2, 0) is 6.54 Å². The van der Waals surface area contributed by atoms with Gasteiger partial charge in [-0.15, -0.1) is 11.3 Å². The number of benzene rings is 1. The second-order valence-electron chi connectivity index (χ2n) is 5.36. The smallest absolute Gasteiger partial charge is 0.288 e. The van der Waals surface area contributed by atoms with Crippen LogP contribution in [0, 0.1) is 5.82 Å². The molecule has 1 aromatic carbocycles. The molecule has 0 saturated heterocycles. The minimum Gasteiger partial charge on any atom is -0.288 e. The van der Waals surface area contributed by atoms with Crippen molar-refractivity contribution in [2.75, 3.05) is 0 Å². The monoisotopic (exact) mass is 318 g/mol. The molecule has 0 aliphatic carbocycles. The quantitative estimate of drug-likeness (QED) is 0.745. The van der Waals surface area contributed by atoms with E-state index in [-0.39, 0.29) is 24.0 Å². The molecular formula is C16H15FN2O2S. The highest BCUT2D eigenvalue weighted by atomic mass is 32.1. The van der Waals surface area contributed by atoms with Crippen LogP contribution in [0.15, 0.2) is 45.3 Å². The molecule has 114 valence electrons. The van der Waals surface area contributed by atoms with Crippen LogP contribution in [-0.4, -0.2) is 9.13 Å². The summed E-state index contributed by atoms with van der Waals surface area (Å²) >= 11 is 1.30. The van der Waals surface area contributed by atoms with Gasteiger partial charge in [-0.1, -0.05) is 18.2 Å². The van der Waals surface area contributed by atoms with E-state index in [0.717, 1.165) is 0 Å². The number of thiophene rings is 1. The van der Waals surface area contributed by atoms with Crippen molar-refractivity contribution < 1.29 is 4.39 Å². The minimum absolute atomic E-state index is 0.103. The van der Waals surface area contributed by atoms with Crippen molar-refractivity contribution in [1.82, 2.24) is 9.13 Å². The molecule has 0 bridgehead atoms. The van der Waals surface area contributed by atoms with Gasteiger partial charge in [0.2, 0.25) is 0 Å². The Morgan fingerprint density at radius 2 is 1.91 bits per heavy atom. The van der Waals surface area contributed by atoms with E-state index in [1.165, 1.54) is 26.5 Å². The van der Waals surface area contributed by atoms with Gasteiger partial charge in [0.15, 0.2) is 0 Å². The lowest BCUT2D eigenvalue weighted by molar-refractivity contribution is 0.520. The summed E-state index contributed by atoms with van der Waals surface area (Å²) in [5.74, 6) is -0.361. The second-order valence-corrected chi connectivity index (χ2v) is 6.28. The summed E-state index contributed by atoms with van der Waals surface area (Å²) < 4.78 is 17.1. The van der Waals surface area contributed by atoms with Crippen LogP contribution in [0.25, 0.3) is 10.2 Å². The zero-order valence-electron chi connectivity index (χ0n) is 12.2. The molecular weight excluding hydrogens is 303 g/mol. The Hall–Kier alpha value is -2.21. The molecule has 22 heavy (non-hydrogen) atoms. The van der Waals surface area contributed by atoms with Crippen molar-refractivity contribution in [3.63, 3.8) is 0 Å². The van der Waals surface area contributed by atoms with E-state index < -0.39 is 5.69 Å². The maximum Gasteiger partial charge on any atom is 0.332 e. The van der Waals surface area contributed by atoms with Crippen LogP contribution in [0.1, 0.15) is 25.5 Å². The summed E-state index contributed by atoms with van der Waals surface area (Å²) in [7, 11) is 0. The largest absolute Gasteiger partial charge is 0.332 e. The van der Waals surface area contributed by atoms with Crippen molar-refractivity contribution >= 4 is 21.6 Å². The summed E-state index contributed by atoms with van der Waals surface area (Å²) in [6, 6.07) is 7.82. The molecule has 6 heteroatoms. The molecule has 0 saturated carbocycles. The van der Waals surface area contributed by atoms with Crippen LogP contribution in [0.5, 0.6) is 0 Å². The Labute approximate surface area is 130 Å². The van der Waals surface area contributed by atoms with Crippen molar-refractivity contribution in [3.05, 3.63) is 67.9 Å². The molecule has 4 nitrogen and oxygen atoms in total. The fourth-order valence-corrected chi connectivity index (χ4v) is 3.34. The van der Waals surface area contributed by atoms with Crippen LogP contribution in [0.2, 0.25) is 0 Å². The minimum atomic E-state index is -0.408. The number of hydrogen-bond donors (Lipinski definition) is 0. The van der Waals surface area contributed by atoms with Gasteiger partial charge in [-0.2, -0.15) is 0 Å². The molecule has 0 N–H and O–H groups in total. The number of hydrogen-bond acceptors (Lipinski definition) is 3. The van der Waals surface area contributed by atoms with Gasteiger partial charge in [-0.25, -0.2) is 9.18 Å². The normalized spacial score (nSPS) is 11.5. The third-order valence-electron chi connectivity index (χ3n) is 3.59. The molecule has 0 amide bonds. The zero-order valence-corrected chi connectivity index (χ0v) is 13.1. The van der Waals surface area contributed by atoms with E-state index in [4.69, 9.17) is 0 Å². The van der Waals surface area contributed by atoms with E-state index in [9.17, 15) is 14.0 Å². The standard InChI is InChI=1S/C16H15FN2O2S/c1-10(2)19-15(20)14-13(7-8-22-14)18(16(19)21)9-11-5-3-4-6-12(11)17/h3-8,10H,9H2,1-2H3. The number of halogens is 1. The van der Waals surface area contributed by atoms with Crippen LogP contribution >= 0.6 is 11.3 Å². The Morgan fingerprint density at radius 3 is 2.59 bits per heavy atom. The Morgan fingerprint density at radius 1 is 1.18 bits per heavy atom. The van der Waals surface area contributed by atoms with Gasteiger partial charge in [0, 0.05) is 11.6 Å². The molecule has 0 spiro atoms. The first-order valence-corrected chi connectivity index (χ1v) is 7.84. The van der Waals surface area contributed by atoms with Crippen molar-refractivity contribution in [1.29, 1.82) is 0 Å². The van der Waals surface area contributed by atoms with Crippen LogP contribution < -0.4 is 11.2 Å². The van der Waals surface area contributed by atoms with E-state index >= 15 is 0 Å². The molecule has 0 radical (unpaired) electrons. The third-order valence-corrected chi connectivity index (χ3v) is 4.48. The SMILES string of the molecule is CC(C)n1c(=O)c2sccc2n(Cc2ccccc2F)c1=O. The van der Waals surface area contributed by atoms with Gasteiger partial charge in [0.05, 0.1) is 12.1 Å². The van der Waals surface area contributed by atoms with E-state index in [1.54, 1.807) is 43.5 Å². The lowest BCUT2D eigenvalue weighted by Gasteiger charge is -2.14. The first-order valence-electron chi connectivity index (χ1n) is 6.96. The fraction of sp³-hybridized carbons (Fsp3) is 0.250. The summed E-state index contributed by atoms with van der Waals surface area (Å²) in [6.45, 7) is 3.68. The van der Waals surface area contributed by atoms with Gasteiger partial charge < -0.3 is 0 Å². The molecule has 3 rings (SSSR count). The van der Waals surface area contributed by atoms with E-state index in [0.29, 0.717) is 15.8 Å². The first kappa shape index (κ1) is 14.7. The van der Waals surface area contributed by atoms with Crippen molar-refractivity contribution in [2.45, 2.75) is 26.4 Å². The zero-order chi connectivity index (χ0) is 15.9. The Balaban J connectivity index is 2.30. The maximum atomic E-state index is 13.9. The molecule has 2 heterocycles. The van der Waals surface area contributed by atoms with Gasteiger partial charge in [-0.3, -0.25) is 13.9 Å². The van der Waals surface area contributed by atoms with Gasteiger partial charge in [0.25, 0.3) is 5.56 Å². The second kappa shape index (κ2) is 5.53. The highest BCUT2D eigenvalue weighted by Gasteiger charge is 2.16. The summed E-state index contributed by atoms with van der Waals surface area (Å²) in [5, 5.41) is 1.77. The van der Waals surface area contributed by atoms with Gasteiger partial charge in [0.1, 0.15) is 10.5 Å². The summed E-state index contributed by atoms with van der Waals surface area (Å²) in [6.07, 6.45) is 0. The van der Waals surface area contributed by atoms with Crippen LogP contribution in [0.4, 0.5) is 4.39 Å². The van der Waals surface area contributed by atoms with E-state index in [1.807, 2.05) is 0 Å². The van der Waals surface area contributed by atoms with Gasteiger partial charge >= 0.3 is 5.69 Å². The first-order chi connectivity index (χ1) is 10.5. The highest BCUT2D eigenvalue weighted by Crippen LogP contribution is 2.18. The Bertz CT molecular complexity index is 953. The van der Waals surface area contributed by atoms with Crippen molar-refractivity contribution in [3.8, 4) is 0 Å². The van der Waals surface area contributed by atoms with E-state index in [2.05, 4.69) is 0 Å². The summed E-state index contributed by atoms with van der Waals surface area (Å²) in [5.41, 5.74) is 0.287. The predicted octanol–water partition coefficient (Wildman–Crippen LogP) is 2.99. The Kier molecular flexibility index (Phi) is 3.70. The molecule has 3 aromatic rings. The average molecular weight is 318 g/mol. The third kappa shape index (κ3) is 2.29. The van der Waals surface area contributed by atoms with Crippen molar-refractivity contribution in [2.24, 2.45) is 0 Å². The number of nitrogens with zero attached hydrogens (tertiary/aromatic N) is 2. The number of fused-ring (bicyclic) bond motifs is 1. The average Bonchev–Trinajstić information content (AvgIpc) is 2.94. The molecule has 0 aliphatic rings. The predicted molar refractivity (Wildman–Crippen MR) is 86.2 cm³/mol. The van der Waals surface area contributed by atoms with Gasteiger partial charge in [-0.05, 0) is 31.4 Å². The summed E-state index contributed by atoms with van der Waals surface area (Å²) in [4.78, 5) is 25.1. The number of rotatable bonds is 3. The molecule has 0 aliphatic heterocycles. The lowest BCUT2D eigenvalue weighted by Crippen LogP contribution is -2.40. The highest BCUT2D eigenvalue weighted by molar-refractivity contribution is 7.17. The fourth-order valence-electron chi connectivity index (χ4n) is 2.51. The lowest BCUT2D eigenvalue weighted by atomic mass is 10.2. The van der Waals surface area contributed by atoms with Crippen LogP contribution in [0.3, 0.4) is 0 Å². The molecule has 0 atom stereocenters. The molecule has 2 aromatic heterocycles. The number of aromatic nitrogens is 2. The topological polar surface area (TPSA) is 44.0 Å². The molecule has 0 fully saturated rings.